The minimum Gasteiger partial charge on any atom is -0.491 e. The molecule has 0 amide bonds. The lowest BCUT2D eigenvalue weighted by molar-refractivity contribution is 0.311. The van der Waals surface area contributed by atoms with E-state index in [2.05, 4.69) is 37.4 Å². The number of fused-ring (bicyclic) bond motifs is 1. The minimum atomic E-state index is 0.395. The summed E-state index contributed by atoms with van der Waals surface area (Å²) in [6, 6.07) is 7.06. The third-order valence-electron chi connectivity index (χ3n) is 3.31. The summed E-state index contributed by atoms with van der Waals surface area (Å²) < 4.78 is 5.71. The lowest BCUT2D eigenvalue weighted by Crippen LogP contribution is -2.23. The molecule has 1 N–H and O–H groups in total. The molecule has 0 radical (unpaired) electrons. The van der Waals surface area contributed by atoms with Gasteiger partial charge in [-0.15, -0.1) is 0 Å². The van der Waals surface area contributed by atoms with Gasteiger partial charge in [-0.2, -0.15) is 0 Å². The van der Waals surface area contributed by atoms with Crippen LogP contribution in [0.25, 0.3) is 0 Å². The first-order valence-corrected chi connectivity index (χ1v) is 6.84. The van der Waals surface area contributed by atoms with E-state index >= 15 is 0 Å². The largest absolute Gasteiger partial charge is 0.491 e. The fourth-order valence-corrected chi connectivity index (χ4v) is 2.29. The van der Waals surface area contributed by atoms with E-state index in [0.717, 1.165) is 18.9 Å². The molecule has 1 unspecified atom stereocenters. The van der Waals surface area contributed by atoms with Gasteiger partial charge >= 0.3 is 0 Å². The van der Waals surface area contributed by atoms with Gasteiger partial charge < -0.3 is 10.1 Å². The predicted molar refractivity (Wildman–Crippen MR) is 71.6 cm³/mol. The Morgan fingerprint density at radius 3 is 2.94 bits per heavy atom. The molecule has 1 aliphatic heterocycles. The van der Waals surface area contributed by atoms with Gasteiger partial charge in [0.1, 0.15) is 12.4 Å². The number of ether oxygens (including phenoxy) is 1. The highest BCUT2D eigenvalue weighted by molar-refractivity contribution is 5.42. The lowest BCUT2D eigenvalue weighted by atomic mass is 10.0. The standard InChI is InChI=1S/C15H23NO/c1-3-5-6-12-7-8-15-13(10-12)14(11-17-15)16-9-4-2/h7-8,10,14,16H,3-6,9,11H2,1-2H3. The zero-order valence-corrected chi connectivity index (χ0v) is 11.0. The van der Waals surface area contributed by atoms with Crippen LogP contribution in [0.3, 0.4) is 0 Å². The van der Waals surface area contributed by atoms with Crippen LogP contribution in [-0.4, -0.2) is 13.2 Å². The molecule has 0 saturated carbocycles. The van der Waals surface area contributed by atoms with E-state index in [1.807, 2.05) is 0 Å². The molecule has 2 rings (SSSR count). The average molecular weight is 233 g/mol. The molecule has 1 aliphatic rings. The van der Waals surface area contributed by atoms with Crippen LogP contribution in [0.1, 0.15) is 50.3 Å². The Labute approximate surface area is 104 Å². The fourth-order valence-electron chi connectivity index (χ4n) is 2.29. The second-order valence-corrected chi connectivity index (χ2v) is 4.79. The maximum Gasteiger partial charge on any atom is 0.124 e. The van der Waals surface area contributed by atoms with Gasteiger partial charge in [0.05, 0.1) is 6.04 Å². The number of unbranched alkanes of at least 4 members (excludes halogenated alkanes) is 1. The molecule has 0 aliphatic carbocycles. The van der Waals surface area contributed by atoms with Crippen LogP contribution in [0.15, 0.2) is 18.2 Å². The zero-order chi connectivity index (χ0) is 12.1. The van der Waals surface area contributed by atoms with Gasteiger partial charge in [0.2, 0.25) is 0 Å². The molecule has 0 bridgehead atoms. The highest BCUT2D eigenvalue weighted by atomic mass is 16.5. The van der Waals surface area contributed by atoms with E-state index in [4.69, 9.17) is 4.74 Å². The van der Waals surface area contributed by atoms with Crippen molar-refractivity contribution in [2.75, 3.05) is 13.2 Å². The molecule has 2 nitrogen and oxygen atoms in total. The summed E-state index contributed by atoms with van der Waals surface area (Å²) in [4.78, 5) is 0. The summed E-state index contributed by atoms with van der Waals surface area (Å²) >= 11 is 0. The van der Waals surface area contributed by atoms with Crippen molar-refractivity contribution in [3.8, 4) is 5.75 Å². The Morgan fingerprint density at radius 1 is 1.29 bits per heavy atom. The van der Waals surface area contributed by atoms with Crippen molar-refractivity contribution in [1.29, 1.82) is 0 Å². The monoisotopic (exact) mass is 233 g/mol. The third kappa shape index (κ3) is 3.01. The number of hydrogen-bond acceptors (Lipinski definition) is 2. The smallest absolute Gasteiger partial charge is 0.124 e. The number of aryl methyl sites for hydroxylation is 1. The first kappa shape index (κ1) is 12.4. The molecular formula is C15H23NO. The SMILES string of the molecule is CCCCc1ccc2c(c1)C(NCCC)CO2. The minimum absolute atomic E-state index is 0.395. The van der Waals surface area contributed by atoms with E-state index in [9.17, 15) is 0 Å². The molecule has 1 aromatic rings. The van der Waals surface area contributed by atoms with Crippen LogP contribution >= 0.6 is 0 Å². The molecule has 1 heterocycles. The normalized spacial score (nSPS) is 17.9. The molecule has 94 valence electrons. The van der Waals surface area contributed by atoms with E-state index in [0.29, 0.717) is 6.04 Å². The van der Waals surface area contributed by atoms with E-state index in [1.165, 1.54) is 36.8 Å². The van der Waals surface area contributed by atoms with Crippen LogP contribution in [0.4, 0.5) is 0 Å². The van der Waals surface area contributed by atoms with E-state index in [1.54, 1.807) is 0 Å². The molecule has 0 spiro atoms. The molecule has 0 aromatic heterocycles. The summed E-state index contributed by atoms with van der Waals surface area (Å²) in [7, 11) is 0. The quantitative estimate of drug-likeness (QED) is 0.812. The highest BCUT2D eigenvalue weighted by Gasteiger charge is 2.23. The van der Waals surface area contributed by atoms with Crippen molar-refractivity contribution in [2.24, 2.45) is 0 Å². The van der Waals surface area contributed by atoms with Crippen LogP contribution < -0.4 is 10.1 Å². The number of benzene rings is 1. The number of hydrogen-bond donors (Lipinski definition) is 1. The van der Waals surface area contributed by atoms with Crippen molar-refractivity contribution in [3.05, 3.63) is 29.3 Å². The molecule has 2 heteroatoms. The first-order valence-electron chi connectivity index (χ1n) is 6.84. The second-order valence-electron chi connectivity index (χ2n) is 4.79. The fraction of sp³-hybridized carbons (Fsp3) is 0.600. The summed E-state index contributed by atoms with van der Waals surface area (Å²) in [5, 5.41) is 3.55. The van der Waals surface area contributed by atoms with Gasteiger partial charge in [0.25, 0.3) is 0 Å². The molecule has 0 fully saturated rings. The van der Waals surface area contributed by atoms with Crippen LogP contribution in [-0.2, 0) is 6.42 Å². The summed E-state index contributed by atoms with van der Waals surface area (Å²) in [6.45, 7) is 6.28. The predicted octanol–water partition coefficient (Wildman–Crippen LogP) is 3.46. The van der Waals surface area contributed by atoms with Gasteiger partial charge in [-0.25, -0.2) is 0 Å². The molecule has 1 atom stereocenters. The lowest BCUT2D eigenvalue weighted by Gasteiger charge is -2.11. The highest BCUT2D eigenvalue weighted by Crippen LogP contribution is 2.33. The maximum absolute atomic E-state index is 5.71. The average Bonchev–Trinajstić information content (AvgIpc) is 2.76. The van der Waals surface area contributed by atoms with Gasteiger partial charge in [-0.05, 0) is 37.4 Å². The van der Waals surface area contributed by atoms with Crippen LogP contribution in [0.2, 0.25) is 0 Å². The zero-order valence-electron chi connectivity index (χ0n) is 11.0. The van der Waals surface area contributed by atoms with Gasteiger partial charge in [0.15, 0.2) is 0 Å². The third-order valence-corrected chi connectivity index (χ3v) is 3.31. The molecular weight excluding hydrogens is 210 g/mol. The van der Waals surface area contributed by atoms with Crippen LogP contribution in [0.5, 0.6) is 5.75 Å². The summed E-state index contributed by atoms with van der Waals surface area (Å²) in [5.74, 6) is 1.07. The number of nitrogens with one attached hydrogen (secondary N) is 1. The van der Waals surface area contributed by atoms with E-state index < -0.39 is 0 Å². The molecule has 0 saturated heterocycles. The van der Waals surface area contributed by atoms with Crippen LogP contribution in [0, 0.1) is 0 Å². The van der Waals surface area contributed by atoms with E-state index in [-0.39, 0.29) is 0 Å². The van der Waals surface area contributed by atoms with Gasteiger partial charge in [-0.3, -0.25) is 0 Å². The topological polar surface area (TPSA) is 21.3 Å². The van der Waals surface area contributed by atoms with Crippen molar-refractivity contribution in [1.82, 2.24) is 5.32 Å². The van der Waals surface area contributed by atoms with Gasteiger partial charge in [0, 0.05) is 5.56 Å². The van der Waals surface area contributed by atoms with Crippen molar-refractivity contribution in [3.63, 3.8) is 0 Å². The Balaban J connectivity index is 2.07. The Morgan fingerprint density at radius 2 is 2.18 bits per heavy atom. The molecule has 17 heavy (non-hydrogen) atoms. The second kappa shape index (κ2) is 6.06. The van der Waals surface area contributed by atoms with Crippen molar-refractivity contribution in [2.45, 2.75) is 45.6 Å². The van der Waals surface area contributed by atoms with Crippen molar-refractivity contribution >= 4 is 0 Å². The Bertz CT molecular complexity index is 362. The number of rotatable bonds is 6. The van der Waals surface area contributed by atoms with Gasteiger partial charge in [-0.1, -0.05) is 32.4 Å². The maximum atomic E-state index is 5.71. The summed E-state index contributed by atoms with van der Waals surface area (Å²) in [5.41, 5.74) is 2.80. The summed E-state index contributed by atoms with van der Waals surface area (Å²) in [6.07, 6.45) is 4.88. The first-order chi connectivity index (χ1) is 8.35. The van der Waals surface area contributed by atoms with Crippen molar-refractivity contribution < 1.29 is 4.74 Å². The Hall–Kier alpha value is -1.02. The Kier molecular flexibility index (Phi) is 4.43. The molecule has 1 aromatic carbocycles.